The average Bonchev–Trinajstić information content (AvgIpc) is 3.23. The summed E-state index contributed by atoms with van der Waals surface area (Å²) in [6.07, 6.45) is 1.75. The van der Waals surface area contributed by atoms with Crippen molar-refractivity contribution in [3.8, 4) is 5.75 Å². The van der Waals surface area contributed by atoms with Crippen LogP contribution < -0.4 is 15.8 Å². The Morgan fingerprint density at radius 1 is 1.00 bits per heavy atom. The zero-order valence-corrected chi connectivity index (χ0v) is 15.9. The van der Waals surface area contributed by atoms with Crippen LogP contribution in [0.2, 0.25) is 0 Å². The molecule has 3 rings (SSSR count). The van der Waals surface area contributed by atoms with Gasteiger partial charge < -0.3 is 15.8 Å². The number of sulfonamides is 1. The fourth-order valence-electron chi connectivity index (χ4n) is 2.85. The van der Waals surface area contributed by atoms with Crippen molar-refractivity contribution in [3.05, 3.63) is 54.1 Å². The van der Waals surface area contributed by atoms with E-state index in [0.717, 1.165) is 12.8 Å². The van der Waals surface area contributed by atoms with Crippen LogP contribution in [0.3, 0.4) is 0 Å². The first-order valence-electron chi connectivity index (χ1n) is 8.79. The van der Waals surface area contributed by atoms with Crippen molar-refractivity contribution in [2.75, 3.05) is 25.0 Å². The molecule has 0 bridgehead atoms. The Morgan fingerprint density at radius 2 is 1.61 bits per heavy atom. The summed E-state index contributed by atoms with van der Waals surface area (Å²) in [6.45, 7) is 0.845. The van der Waals surface area contributed by atoms with Gasteiger partial charge in [-0.2, -0.15) is 4.31 Å². The number of hydrogen-bond acceptors (Lipinski definition) is 5. The molecular formula is C19H21N3O5S. The molecule has 2 aromatic carbocycles. The van der Waals surface area contributed by atoms with E-state index in [1.54, 1.807) is 12.1 Å². The smallest absolute Gasteiger partial charge is 0.262 e. The molecule has 0 atom stereocenters. The van der Waals surface area contributed by atoms with Gasteiger partial charge in [-0.05, 0) is 61.4 Å². The van der Waals surface area contributed by atoms with Crippen LogP contribution in [-0.4, -0.2) is 44.2 Å². The second-order valence-electron chi connectivity index (χ2n) is 6.36. The van der Waals surface area contributed by atoms with Crippen molar-refractivity contribution in [3.63, 3.8) is 0 Å². The molecule has 0 spiro atoms. The minimum Gasteiger partial charge on any atom is -0.484 e. The summed E-state index contributed by atoms with van der Waals surface area (Å²) in [5.74, 6) is -0.545. The topological polar surface area (TPSA) is 119 Å². The number of primary amides is 1. The van der Waals surface area contributed by atoms with Crippen LogP contribution >= 0.6 is 0 Å². The summed E-state index contributed by atoms with van der Waals surface area (Å²) in [5.41, 5.74) is 6.01. The molecule has 0 aliphatic carbocycles. The largest absolute Gasteiger partial charge is 0.484 e. The van der Waals surface area contributed by atoms with Crippen molar-refractivity contribution >= 4 is 27.5 Å². The van der Waals surface area contributed by atoms with E-state index in [1.165, 1.54) is 40.7 Å². The van der Waals surface area contributed by atoms with Gasteiger partial charge in [0.25, 0.3) is 5.91 Å². The molecule has 1 fully saturated rings. The van der Waals surface area contributed by atoms with Gasteiger partial charge in [0, 0.05) is 24.3 Å². The van der Waals surface area contributed by atoms with E-state index in [2.05, 4.69) is 5.32 Å². The van der Waals surface area contributed by atoms with E-state index in [-0.39, 0.29) is 17.4 Å². The third kappa shape index (κ3) is 4.68. The molecule has 1 heterocycles. The van der Waals surface area contributed by atoms with Gasteiger partial charge in [-0.25, -0.2) is 8.42 Å². The molecular weight excluding hydrogens is 382 g/mol. The van der Waals surface area contributed by atoms with Crippen LogP contribution in [0.25, 0.3) is 0 Å². The summed E-state index contributed by atoms with van der Waals surface area (Å²) < 4.78 is 31.8. The highest BCUT2D eigenvalue weighted by Gasteiger charge is 2.26. The lowest BCUT2D eigenvalue weighted by Gasteiger charge is -2.15. The lowest BCUT2D eigenvalue weighted by atomic mass is 10.2. The molecule has 3 N–H and O–H groups in total. The summed E-state index contributed by atoms with van der Waals surface area (Å²) >= 11 is 0. The number of nitrogens with two attached hydrogens (primary N) is 1. The van der Waals surface area contributed by atoms with Gasteiger partial charge in [-0.15, -0.1) is 0 Å². The number of carbonyl (C=O) groups is 2. The fourth-order valence-corrected chi connectivity index (χ4v) is 4.37. The van der Waals surface area contributed by atoms with Gasteiger partial charge >= 0.3 is 0 Å². The van der Waals surface area contributed by atoms with Gasteiger partial charge in [-0.3, -0.25) is 9.59 Å². The quantitative estimate of drug-likeness (QED) is 0.728. The lowest BCUT2D eigenvalue weighted by Crippen LogP contribution is -2.27. The number of anilines is 1. The summed E-state index contributed by atoms with van der Waals surface area (Å²) in [7, 11) is -3.47. The molecule has 2 amide bonds. The summed E-state index contributed by atoms with van der Waals surface area (Å²) in [4.78, 5) is 23.2. The number of carbonyl (C=O) groups excluding carboxylic acids is 2. The predicted molar refractivity (Wildman–Crippen MR) is 104 cm³/mol. The van der Waals surface area contributed by atoms with Crippen molar-refractivity contribution in [1.29, 1.82) is 0 Å². The molecule has 0 saturated carbocycles. The summed E-state index contributed by atoms with van der Waals surface area (Å²) in [5, 5.41) is 2.63. The number of hydrogen-bond donors (Lipinski definition) is 2. The highest BCUT2D eigenvalue weighted by molar-refractivity contribution is 7.89. The molecule has 8 nitrogen and oxygen atoms in total. The maximum atomic E-state index is 12.5. The van der Waals surface area contributed by atoms with Gasteiger partial charge in [0.1, 0.15) is 5.75 Å². The van der Waals surface area contributed by atoms with Crippen LogP contribution in [0.4, 0.5) is 5.69 Å². The molecule has 2 aromatic rings. The van der Waals surface area contributed by atoms with Gasteiger partial charge in [0.05, 0.1) is 4.90 Å². The van der Waals surface area contributed by atoms with E-state index in [0.29, 0.717) is 30.1 Å². The molecule has 148 valence electrons. The number of amides is 2. The number of ether oxygens (including phenoxy) is 1. The average molecular weight is 403 g/mol. The molecule has 1 aliphatic heterocycles. The van der Waals surface area contributed by atoms with E-state index in [4.69, 9.17) is 10.5 Å². The molecule has 1 aliphatic rings. The Labute approximate surface area is 163 Å². The molecule has 1 saturated heterocycles. The van der Waals surface area contributed by atoms with Crippen molar-refractivity contribution in [2.45, 2.75) is 17.7 Å². The third-order valence-electron chi connectivity index (χ3n) is 4.35. The molecule has 9 heteroatoms. The Balaban J connectivity index is 1.54. The second kappa shape index (κ2) is 8.41. The first-order valence-corrected chi connectivity index (χ1v) is 10.2. The van der Waals surface area contributed by atoms with Crippen LogP contribution in [0, 0.1) is 0 Å². The second-order valence-corrected chi connectivity index (χ2v) is 8.30. The number of benzene rings is 2. The van der Waals surface area contributed by atoms with Crippen molar-refractivity contribution in [2.24, 2.45) is 5.73 Å². The van der Waals surface area contributed by atoms with Gasteiger partial charge in [-0.1, -0.05) is 0 Å². The van der Waals surface area contributed by atoms with Gasteiger partial charge in [0.2, 0.25) is 15.9 Å². The highest BCUT2D eigenvalue weighted by Crippen LogP contribution is 2.23. The zero-order valence-electron chi connectivity index (χ0n) is 15.1. The van der Waals surface area contributed by atoms with Crippen LogP contribution in [0.15, 0.2) is 53.4 Å². The first kappa shape index (κ1) is 19.8. The maximum absolute atomic E-state index is 12.5. The maximum Gasteiger partial charge on any atom is 0.262 e. The summed E-state index contributed by atoms with van der Waals surface area (Å²) in [6, 6.07) is 12.2. The van der Waals surface area contributed by atoms with Gasteiger partial charge in [0.15, 0.2) is 6.61 Å². The highest BCUT2D eigenvalue weighted by atomic mass is 32.2. The lowest BCUT2D eigenvalue weighted by molar-refractivity contribution is -0.118. The van der Waals surface area contributed by atoms with Crippen molar-refractivity contribution in [1.82, 2.24) is 4.31 Å². The predicted octanol–water partition coefficient (Wildman–Crippen LogP) is 1.59. The minimum absolute atomic E-state index is 0.209. The van der Waals surface area contributed by atoms with Crippen LogP contribution in [0.5, 0.6) is 5.75 Å². The minimum atomic E-state index is -3.47. The van der Waals surface area contributed by atoms with E-state index >= 15 is 0 Å². The molecule has 28 heavy (non-hydrogen) atoms. The van der Waals surface area contributed by atoms with E-state index < -0.39 is 15.9 Å². The molecule has 0 aromatic heterocycles. The van der Waals surface area contributed by atoms with Crippen LogP contribution in [-0.2, 0) is 14.8 Å². The third-order valence-corrected chi connectivity index (χ3v) is 6.26. The van der Waals surface area contributed by atoms with E-state index in [1.807, 2.05) is 0 Å². The number of nitrogens with one attached hydrogen (secondary N) is 1. The van der Waals surface area contributed by atoms with Crippen LogP contribution in [0.1, 0.15) is 23.2 Å². The Morgan fingerprint density at radius 3 is 2.18 bits per heavy atom. The zero-order chi connectivity index (χ0) is 20.1. The SMILES string of the molecule is NC(=O)c1ccc(NC(=O)COc2ccc(S(=O)(=O)N3CCCC3)cc2)cc1. The normalized spacial score (nSPS) is 14.6. The fraction of sp³-hybridized carbons (Fsp3) is 0.263. The Kier molecular flexibility index (Phi) is 5.96. The Bertz CT molecular complexity index is 950. The first-order chi connectivity index (χ1) is 13.4. The number of nitrogens with zero attached hydrogens (tertiary/aromatic N) is 1. The standard InChI is InChI=1S/C19H21N3O5S/c20-19(24)14-3-5-15(6-4-14)21-18(23)13-27-16-7-9-17(10-8-16)28(25,26)22-11-1-2-12-22/h3-10H,1-2,11-13H2,(H2,20,24)(H,21,23). The van der Waals surface area contributed by atoms with E-state index in [9.17, 15) is 18.0 Å². The molecule has 0 radical (unpaired) electrons. The number of rotatable bonds is 7. The molecule has 0 unspecified atom stereocenters. The Hall–Kier alpha value is -2.91. The van der Waals surface area contributed by atoms with Crippen molar-refractivity contribution < 1.29 is 22.7 Å². The monoisotopic (exact) mass is 403 g/mol.